The molecule has 2 aromatic rings. The van der Waals surface area contributed by atoms with Gasteiger partial charge in [0.15, 0.2) is 16.5 Å². The monoisotopic (exact) mass is 305 g/mol. The van der Waals surface area contributed by atoms with Crippen molar-refractivity contribution in [3.05, 3.63) is 30.3 Å². The molecule has 0 radical (unpaired) electrons. The van der Waals surface area contributed by atoms with Crippen molar-refractivity contribution in [1.82, 2.24) is 19.9 Å². The lowest BCUT2D eigenvalue weighted by Crippen LogP contribution is -2.47. The molecule has 0 N–H and O–H groups in total. The van der Waals surface area contributed by atoms with Gasteiger partial charge in [0.25, 0.3) is 0 Å². The van der Waals surface area contributed by atoms with Crippen molar-refractivity contribution >= 4 is 28.1 Å². The van der Waals surface area contributed by atoms with E-state index < -0.39 is 16.5 Å². The molecular formula is C13H23N5Si2. The lowest BCUT2D eigenvalue weighted by atomic mass is 10.3. The van der Waals surface area contributed by atoms with Crippen molar-refractivity contribution in [2.24, 2.45) is 0 Å². The van der Waals surface area contributed by atoms with E-state index in [1.54, 1.807) is 0 Å². The molecule has 5 nitrogen and oxygen atoms in total. The summed E-state index contributed by atoms with van der Waals surface area (Å²) >= 11 is 0. The van der Waals surface area contributed by atoms with Gasteiger partial charge in [-0.2, -0.15) is 0 Å². The van der Waals surface area contributed by atoms with Gasteiger partial charge in [-0.05, 0) is 37.0 Å². The number of hydrogen-bond acceptors (Lipinski definition) is 4. The Morgan fingerprint density at radius 3 is 2.05 bits per heavy atom. The zero-order valence-electron chi connectivity index (χ0n) is 13.1. The number of aromatic nitrogens is 4. The van der Waals surface area contributed by atoms with Gasteiger partial charge >= 0.3 is 0 Å². The Balaban J connectivity index is 2.58. The zero-order chi connectivity index (χ0) is 15.0. The second-order valence-electron chi connectivity index (χ2n) is 6.90. The van der Waals surface area contributed by atoms with Crippen molar-refractivity contribution in [1.29, 1.82) is 0 Å². The Hall–Kier alpha value is -1.48. The Kier molecular flexibility index (Phi) is 3.83. The minimum absolute atomic E-state index is 0.884. The standard InChI is InChI=1S/C13H23N5Si2/c1-19(2,3)17(12-10-8-7-9-11-12)13-14-15-16-18(13)20(4,5)6/h7-11H,1-6H3. The fraction of sp³-hybridized carbons (Fsp3) is 0.462. The van der Waals surface area contributed by atoms with Crippen LogP contribution in [-0.4, -0.2) is 36.3 Å². The van der Waals surface area contributed by atoms with Crippen LogP contribution in [0.1, 0.15) is 0 Å². The average Bonchev–Trinajstić information content (AvgIpc) is 2.77. The van der Waals surface area contributed by atoms with Crippen molar-refractivity contribution < 1.29 is 0 Å². The van der Waals surface area contributed by atoms with Gasteiger partial charge in [-0.1, -0.05) is 48.2 Å². The van der Waals surface area contributed by atoms with E-state index in [-0.39, 0.29) is 0 Å². The van der Waals surface area contributed by atoms with Crippen LogP contribution in [-0.2, 0) is 0 Å². The number of benzene rings is 1. The molecule has 1 aromatic heterocycles. The summed E-state index contributed by atoms with van der Waals surface area (Å²) < 4.78 is 4.38. The van der Waals surface area contributed by atoms with Gasteiger partial charge in [-0.25, -0.2) is 4.35 Å². The summed E-state index contributed by atoms with van der Waals surface area (Å²) in [6.07, 6.45) is 0. The van der Waals surface area contributed by atoms with E-state index in [4.69, 9.17) is 0 Å². The van der Waals surface area contributed by atoms with Gasteiger partial charge in [-0.15, -0.1) is 0 Å². The van der Waals surface area contributed by atoms with Crippen LogP contribution in [0.3, 0.4) is 0 Å². The van der Waals surface area contributed by atoms with Crippen LogP contribution in [0.25, 0.3) is 0 Å². The first-order valence-corrected chi connectivity index (χ1v) is 13.7. The van der Waals surface area contributed by atoms with Crippen molar-refractivity contribution in [3.8, 4) is 0 Å². The van der Waals surface area contributed by atoms with Crippen LogP contribution in [0.15, 0.2) is 30.3 Å². The van der Waals surface area contributed by atoms with E-state index in [1.165, 1.54) is 5.69 Å². The molecule has 7 heteroatoms. The third-order valence-corrected chi connectivity index (χ3v) is 6.33. The van der Waals surface area contributed by atoms with Crippen LogP contribution >= 0.6 is 0 Å². The Morgan fingerprint density at radius 1 is 0.950 bits per heavy atom. The summed E-state index contributed by atoms with van der Waals surface area (Å²) in [5.74, 6) is 0.884. The predicted molar refractivity (Wildman–Crippen MR) is 88.5 cm³/mol. The van der Waals surface area contributed by atoms with Gasteiger partial charge in [-0.3, -0.25) is 0 Å². The summed E-state index contributed by atoms with van der Waals surface area (Å²) in [4.78, 5) is 0. The summed E-state index contributed by atoms with van der Waals surface area (Å²) in [6.45, 7) is 13.7. The SMILES string of the molecule is C[Si](C)(C)N(c1ccccc1)c1nnnn1[Si](C)(C)C. The number of anilines is 2. The Labute approximate surface area is 122 Å². The maximum Gasteiger partial charge on any atom is 0.233 e. The zero-order valence-corrected chi connectivity index (χ0v) is 15.1. The lowest BCUT2D eigenvalue weighted by Gasteiger charge is -2.36. The van der Waals surface area contributed by atoms with Gasteiger partial charge < -0.3 is 4.57 Å². The smallest absolute Gasteiger partial charge is 0.233 e. The first-order chi connectivity index (χ1) is 9.21. The highest BCUT2D eigenvalue weighted by molar-refractivity contribution is 6.81. The molecule has 0 aliphatic heterocycles. The minimum Gasteiger partial charge on any atom is -0.339 e. The van der Waals surface area contributed by atoms with Crippen LogP contribution in [0.2, 0.25) is 39.3 Å². The van der Waals surface area contributed by atoms with Gasteiger partial charge in [0.1, 0.15) is 0 Å². The van der Waals surface area contributed by atoms with E-state index in [9.17, 15) is 0 Å². The topological polar surface area (TPSA) is 46.8 Å². The van der Waals surface area contributed by atoms with Gasteiger partial charge in [0.05, 0.1) is 0 Å². The van der Waals surface area contributed by atoms with Crippen molar-refractivity contribution in [3.63, 3.8) is 0 Å². The number of tetrazole rings is 1. The summed E-state index contributed by atoms with van der Waals surface area (Å²) in [6, 6.07) is 10.4. The number of nitrogens with zero attached hydrogens (tertiary/aromatic N) is 5. The van der Waals surface area contributed by atoms with Crippen molar-refractivity contribution in [2.45, 2.75) is 39.3 Å². The van der Waals surface area contributed by atoms with E-state index in [0.717, 1.165) is 5.95 Å². The molecule has 0 aliphatic carbocycles. The van der Waals surface area contributed by atoms with E-state index in [1.807, 2.05) is 10.4 Å². The summed E-state index contributed by atoms with van der Waals surface area (Å²) in [5, 5.41) is 12.5. The van der Waals surface area contributed by atoms with E-state index in [2.05, 4.69) is 83.6 Å². The highest BCUT2D eigenvalue weighted by Gasteiger charge is 2.33. The molecule has 1 aromatic carbocycles. The highest BCUT2D eigenvalue weighted by atomic mass is 28.3. The lowest BCUT2D eigenvalue weighted by molar-refractivity contribution is 0.820. The Morgan fingerprint density at radius 2 is 1.55 bits per heavy atom. The van der Waals surface area contributed by atoms with E-state index in [0.29, 0.717) is 0 Å². The molecule has 0 aliphatic rings. The molecule has 0 atom stereocenters. The molecule has 20 heavy (non-hydrogen) atoms. The number of rotatable bonds is 4. The molecule has 108 valence electrons. The molecule has 1 heterocycles. The van der Waals surface area contributed by atoms with Gasteiger partial charge in [0, 0.05) is 5.69 Å². The Bertz CT molecular complexity index is 568. The molecule has 0 amide bonds. The van der Waals surface area contributed by atoms with Gasteiger partial charge in [0.2, 0.25) is 5.95 Å². The van der Waals surface area contributed by atoms with Crippen LogP contribution < -0.4 is 4.57 Å². The third kappa shape index (κ3) is 2.99. The van der Waals surface area contributed by atoms with Crippen LogP contribution in [0.4, 0.5) is 11.6 Å². The van der Waals surface area contributed by atoms with Crippen LogP contribution in [0, 0.1) is 0 Å². The van der Waals surface area contributed by atoms with Crippen LogP contribution in [0.5, 0.6) is 0 Å². The maximum absolute atomic E-state index is 4.32. The molecular weight excluding hydrogens is 282 g/mol. The normalized spacial score (nSPS) is 12.5. The first-order valence-electron chi connectivity index (χ1n) is 6.85. The quantitative estimate of drug-likeness (QED) is 0.813. The summed E-state index contributed by atoms with van der Waals surface area (Å²) in [5.41, 5.74) is 1.17. The molecule has 2 rings (SSSR count). The second-order valence-corrected chi connectivity index (χ2v) is 16.5. The molecule has 0 saturated carbocycles. The average molecular weight is 306 g/mol. The summed E-state index contributed by atoms with van der Waals surface area (Å²) in [7, 11) is -3.29. The second kappa shape index (κ2) is 5.14. The fourth-order valence-electron chi connectivity index (χ4n) is 2.14. The maximum atomic E-state index is 4.32. The predicted octanol–water partition coefficient (Wildman–Crippen LogP) is 3.33. The largest absolute Gasteiger partial charge is 0.339 e. The number of hydrogen-bond donors (Lipinski definition) is 0. The van der Waals surface area contributed by atoms with E-state index >= 15 is 0 Å². The molecule has 0 unspecified atom stereocenters. The molecule has 0 fully saturated rings. The molecule has 0 spiro atoms. The first kappa shape index (κ1) is 14.9. The fourth-order valence-corrected chi connectivity index (χ4v) is 4.95. The highest BCUT2D eigenvalue weighted by Crippen LogP contribution is 2.30. The van der Waals surface area contributed by atoms with Crippen molar-refractivity contribution in [2.75, 3.05) is 4.57 Å². The number of para-hydroxylation sites is 1. The molecule has 0 bridgehead atoms. The minimum atomic E-state index is -1.65. The molecule has 0 saturated heterocycles. The third-order valence-electron chi connectivity index (χ3n) is 2.97.